The van der Waals surface area contributed by atoms with Crippen LogP contribution >= 0.6 is 0 Å². The molecule has 1 rings (SSSR count). The maximum absolute atomic E-state index is 5.46. The average Bonchev–Trinajstić information content (AvgIpc) is 2.61. The summed E-state index contributed by atoms with van der Waals surface area (Å²) in [5, 5.41) is 4.05. The van der Waals surface area contributed by atoms with Crippen LogP contribution in [0.3, 0.4) is 0 Å². The van der Waals surface area contributed by atoms with Crippen LogP contribution in [0.25, 0.3) is 0 Å². The number of aromatic nitrogens is 1. The minimum absolute atomic E-state index is 0.568. The first-order valence-electron chi connectivity index (χ1n) is 6.63. The molecule has 0 aromatic carbocycles. The van der Waals surface area contributed by atoms with Crippen LogP contribution in [0, 0.1) is 13.8 Å². The first-order chi connectivity index (χ1) is 7.70. The summed E-state index contributed by atoms with van der Waals surface area (Å²) in [6, 6.07) is 0. The molecule has 1 atom stereocenters. The number of hydrogen-bond acceptors (Lipinski definition) is 2. The van der Waals surface area contributed by atoms with E-state index in [9.17, 15) is 0 Å². The van der Waals surface area contributed by atoms with Gasteiger partial charge < -0.3 is 4.52 Å². The second-order valence-corrected chi connectivity index (χ2v) is 4.71. The zero-order valence-electron chi connectivity index (χ0n) is 11.2. The van der Waals surface area contributed by atoms with Gasteiger partial charge in [-0.05, 0) is 26.7 Å². The van der Waals surface area contributed by atoms with Crippen molar-refractivity contribution in [1.29, 1.82) is 0 Å². The van der Waals surface area contributed by atoms with Crippen molar-refractivity contribution in [3.63, 3.8) is 0 Å². The van der Waals surface area contributed by atoms with Gasteiger partial charge in [0.15, 0.2) is 0 Å². The fourth-order valence-electron chi connectivity index (χ4n) is 2.15. The highest BCUT2D eigenvalue weighted by atomic mass is 16.5. The molecular weight excluding hydrogens is 198 g/mol. The molecule has 92 valence electrons. The molecule has 1 unspecified atom stereocenters. The van der Waals surface area contributed by atoms with Crippen LogP contribution in [0.4, 0.5) is 0 Å². The summed E-state index contributed by atoms with van der Waals surface area (Å²) in [6.45, 7) is 8.63. The highest BCUT2D eigenvalue weighted by molar-refractivity contribution is 5.22. The van der Waals surface area contributed by atoms with Gasteiger partial charge in [0.2, 0.25) is 0 Å². The lowest BCUT2D eigenvalue weighted by molar-refractivity contribution is 0.342. The summed E-state index contributed by atoms with van der Waals surface area (Å²) in [6.07, 6.45) is 7.71. The molecular formula is C14H25NO. The van der Waals surface area contributed by atoms with Crippen LogP contribution in [-0.4, -0.2) is 5.16 Å². The predicted octanol–water partition coefficient (Wildman–Crippen LogP) is 4.76. The maximum Gasteiger partial charge on any atom is 0.142 e. The molecule has 0 radical (unpaired) electrons. The minimum atomic E-state index is 0.568. The van der Waals surface area contributed by atoms with Gasteiger partial charge in [0, 0.05) is 11.5 Å². The first kappa shape index (κ1) is 13.3. The molecule has 0 aliphatic heterocycles. The van der Waals surface area contributed by atoms with Crippen molar-refractivity contribution in [2.75, 3.05) is 0 Å². The summed E-state index contributed by atoms with van der Waals surface area (Å²) in [5.41, 5.74) is 2.30. The quantitative estimate of drug-likeness (QED) is 0.623. The maximum atomic E-state index is 5.46. The third-order valence-electron chi connectivity index (χ3n) is 3.46. The van der Waals surface area contributed by atoms with E-state index >= 15 is 0 Å². The molecule has 1 aromatic rings. The molecule has 0 saturated heterocycles. The van der Waals surface area contributed by atoms with Gasteiger partial charge in [-0.2, -0.15) is 0 Å². The largest absolute Gasteiger partial charge is 0.361 e. The number of rotatable bonds is 7. The Morgan fingerprint density at radius 1 is 1.12 bits per heavy atom. The van der Waals surface area contributed by atoms with Gasteiger partial charge >= 0.3 is 0 Å². The van der Waals surface area contributed by atoms with Gasteiger partial charge in [-0.1, -0.05) is 44.7 Å². The predicted molar refractivity (Wildman–Crippen MR) is 67.8 cm³/mol. The second-order valence-electron chi connectivity index (χ2n) is 4.71. The van der Waals surface area contributed by atoms with Crippen LogP contribution in [-0.2, 0) is 0 Å². The van der Waals surface area contributed by atoms with Crippen molar-refractivity contribution < 1.29 is 4.52 Å². The normalized spacial score (nSPS) is 13.0. The van der Waals surface area contributed by atoms with E-state index < -0.39 is 0 Å². The Balaban J connectivity index is 2.51. The minimum Gasteiger partial charge on any atom is -0.361 e. The van der Waals surface area contributed by atoms with Gasteiger partial charge in [0.1, 0.15) is 5.76 Å². The van der Waals surface area contributed by atoms with E-state index in [0.717, 1.165) is 17.9 Å². The Bertz CT molecular complexity index is 304. The molecule has 0 saturated carbocycles. The molecule has 2 nitrogen and oxygen atoms in total. The van der Waals surface area contributed by atoms with Crippen molar-refractivity contribution >= 4 is 0 Å². The Morgan fingerprint density at radius 2 is 1.88 bits per heavy atom. The van der Waals surface area contributed by atoms with Crippen molar-refractivity contribution in [2.45, 2.75) is 72.1 Å². The molecule has 1 aromatic heterocycles. The number of nitrogens with zero attached hydrogens (tertiary/aromatic N) is 1. The van der Waals surface area contributed by atoms with Crippen molar-refractivity contribution in [3.05, 3.63) is 17.0 Å². The van der Waals surface area contributed by atoms with Crippen LogP contribution < -0.4 is 0 Å². The number of aryl methyl sites for hydroxylation is 1. The van der Waals surface area contributed by atoms with E-state index in [1.54, 1.807) is 0 Å². The van der Waals surface area contributed by atoms with Gasteiger partial charge in [-0.3, -0.25) is 0 Å². The topological polar surface area (TPSA) is 26.0 Å². The molecule has 2 heteroatoms. The van der Waals surface area contributed by atoms with Crippen LogP contribution in [0.15, 0.2) is 4.52 Å². The average molecular weight is 223 g/mol. The second kappa shape index (κ2) is 6.72. The van der Waals surface area contributed by atoms with E-state index in [2.05, 4.69) is 25.9 Å². The van der Waals surface area contributed by atoms with Crippen molar-refractivity contribution in [2.24, 2.45) is 0 Å². The number of unbranched alkanes of at least 4 members (excludes halogenated alkanes) is 3. The Kier molecular flexibility index (Phi) is 5.58. The molecule has 0 fully saturated rings. The van der Waals surface area contributed by atoms with E-state index in [1.165, 1.54) is 37.7 Å². The first-order valence-corrected chi connectivity index (χ1v) is 6.63. The Labute approximate surface area is 99.4 Å². The number of hydrogen-bond donors (Lipinski definition) is 0. The van der Waals surface area contributed by atoms with Crippen molar-refractivity contribution in [3.8, 4) is 0 Å². The molecule has 0 aliphatic rings. The lowest BCUT2D eigenvalue weighted by atomic mass is 9.93. The van der Waals surface area contributed by atoms with Crippen LogP contribution in [0.1, 0.15) is 75.3 Å². The van der Waals surface area contributed by atoms with E-state index in [-0.39, 0.29) is 0 Å². The summed E-state index contributed by atoms with van der Waals surface area (Å²) in [7, 11) is 0. The molecule has 0 N–H and O–H groups in total. The zero-order chi connectivity index (χ0) is 12.0. The monoisotopic (exact) mass is 223 g/mol. The Morgan fingerprint density at radius 3 is 2.38 bits per heavy atom. The summed E-state index contributed by atoms with van der Waals surface area (Å²) in [5.74, 6) is 1.69. The fourth-order valence-corrected chi connectivity index (χ4v) is 2.15. The third-order valence-corrected chi connectivity index (χ3v) is 3.46. The lowest BCUT2D eigenvalue weighted by Crippen LogP contribution is -1.98. The lowest BCUT2D eigenvalue weighted by Gasteiger charge is -2.12. The smallest absolute Gasteiger partial charge is 0.142 e. The van der Waals surface area contributed by atoms with Crippen molar-refractivity contribution in [1.82, 2.24) is 5.16 Å². The van der Waals surface area contributed by atoms with E-state index in [4.69, 9.17) is 4.52 Å². The van der Waals surface area contributed by atoms with Gasteiger partial charge in [-0.15, -0.1) is 0 Å². The van der Waals surface area contributed by atoms with E-state index in [0.29, 0.717) is 5.92 Å². The molecule has 0 amide bonds. The van der Waals surface area contributed by atoms with Crippen LogP contribution in [0.2, 0.25) is 0 Å². The highest BCUT2D eigenvalue weighted by Gasteiger charge is 2.17. The van der Waals surface area contributed by atoms with E-state index in [1.807, 2.05) is 6.92 Å². The molecule has 1 heterocycles. The van der Waals surface area contributed by atoms with Gasteiger partial charge in [-0.25, -0.2) is 0 Å². The van der Waals surface area contributed by atoms with Gasteiger partial charge in [0.25, 0.3) is 0 Å². The Hall–Kier alpha value is -0.790. The summed E-state index contributed by atoms with van der Waals surface area (Å²) in [4.78, 5) is 0. The molecule has 16 heavy (non-hydrogen) atoms. The molecule has 0 aliphatic carbocycles. The molecule has 0 spiro atoms. The van der Waals surface area contributed by atoms with Gasteiger partial charge in [0.05, 0.1) is 5.69 Å². The molecule has 0 bridgehead atoms. The third kappa shape index (κ3) is 3.36. The summed E-state index contributed by atoms with van der Waals surface area (Å²) < 4.78 is 5.46. The highest BCUT2D eigenvalue weighted by Crippen LogP contribution is 2.29. The zero-order valence-corrected chi connectivity index (χ0v) is 11.2. The SMILES string of the molecule is CCCCCCC(CC)c1onc(C)c1C. The van der Waals surface area contributed by atoms with Crippen LogP contribution in [0.5, 0.6) is 0 Å². The fraction of sp³-hybridized carbons (Fsp3) is 0.786. The standard InChI is InChI=1S/C14H25NO/c1-5-7-8-9-10-13(6-2)14-11(3)12(4)15-16-14/h13H,5-10H2,1-4H3. The summed E-state index contributed by atoms with van der Waals surface area (Å²) >= 11 is 0.